The van der Waals surface area contributed by atoms with Gasteiger partial charge in [-0.1, -0.05) is 91.0 Å². The highest BCUT2D eigenvalue weighted by Crippen LogP contribution is 2.55. The van der Waals surface area contributed by atoms with Crippen LogP contribution in [0.4, 0.5) is 0 Å². The highest BCUT2D eigenvalue weighted by atomic mass is 16.2. The monoisotopic (exact) mass is 528 g/mol. The van der Waals surface area contributed by atoms with Crippen LogP contribution in [-0.4, -0.2) is 33.9 Å². The molecular formula is C35H36N4O. The first-order valence-corrected chi connectivity index (χ1v) is 14.7. The van der Waals surface area contributed by atoms with Crippen molar-refractivity contribution < 1.29 is 4.79 Å². The largest absolute Gasteiger partial charge is 0.335 e. The second kappa shape index (κ2) is 10.6. The molecule has 0 saturated carbocycles. The van der Waals surface area contributed by atoms with Gasteiger partial charge in [0, 0.05) is 42.0 Å². The smallest absolute Gasteiger partial charge is 0.228 e. The molecule has 2 saturated heterocycles. The van der Waals surface area contributed by atoms with Crippen molar-refractivity contribution in [3.8, 4) is 0 Å². The molecule has 1 unspecified atom stereocenters. The molecule has 3 aromatic carbocycles. The number of carbonyl (C=O) groups is 1. The van der Waals surface area contributed by atoms with Crippen molar-refractivity contribution in [2.45, 2.75) is 55.5 Å². The van der Waals surface area contributed by atoms with Gasteiger partial charge in [-0.2, -0.15) is 0 Å². The molecule has 40 heavy (non-hydrogen) atoms. The average molecular weight is 529 g/mol. The number of fused-ring (bicyclic) bond motifs is 2. The highest BCUT2D eigenvalue weighted by Gasteiger charge is 2.58. The van der Waals surface area contributed by atoms with E-state index in [4.69, 9.17) is 4.98 Å². The van der Waals surface area contributed by atoms with Crippen LogP contribution in [0, 0.1) is 5.92 Å². The summed E-state index contributed by atoms with van der Waals surface area (Å²) in [6.07, 6.45) is 8.50. The van der Waals surface area contributed by atoms with Gasteiger partial charge in [0.1, 0.15) is 6.33 Å². The first-order valence-electron chi connectivity index (χ1n) is 14.7. The van der Waals surface area contributed by atoms with Crippen molar-refractivity contribution >= 4 is 5.91 Å². The Balaban J connectivity index is 1.29. The maximum Gasteiger partial charge on any atom is 0.228 e. The fourth-order valence-corrected chi connectivity index (χ4v) is 7.91. The summed E-state index contributed by atoms with van der Waals surface area (Å²) in [5.74, 6) is 0.525. The molecule has 4 aromatic rings. The number of hydrogen-bond donors (Lipinski definition) is 1. The van der Waals surface area contributed by atoms with Gasteiger partial charge in [0.2, 0.25) is 5.91 Å². The summed E-state index contributed by atoms with van der Waals surface area (Å²) >= 11 is 0. The van der Waals surface area contributed by atoms with Gasteiger partial charge in [0.15, 0.2) is 0 Å². The van der Waals surface area contributed by atoms with Gasteiger partial charge in [0.05, 0.1) is 12.0 Å². The van der Waals surface area contributed by atoms with E-state index in [0.29, 0.717) is 12.5 Å². The zero-order chi connectivity index (χ0) is 26.9. The minimum Gasteiger partial charge on any atom is -0.335 e. The van der Waals surface area contributed by atoms with Crippen molar-refractivity contribution in [3.63, 3.8) is 0 Å². The molecule has 1 N–H and O–H groups in total. The molecule has 2 fully saturated rings. The predicted octanol–water partition coefficient (Wildman–Crippen LogP) is 6.16. The van der Waals surface area contributed by atoms with E-state index in [1.807, 2.05) is 6.20 Å². The van der Waals surface area contributed by atoms with Crippen LogP contribution in [-0.2, 0) is 16.6 Å². The van der Waals surface area contributed by atoms with Crippen LogP contribution in [0.1, 0.15) is 71.6 Å². The summed E-state index contributed by atoms with van der Waals surface area (Å²) in [5, 5.41) is 3.83. The van der Waals surface area contributed by atoms with Gasteiger partial charge in [-0.15, -0.1) is 0 Å². The minimum absolute atomic E-state index is 0.0460. The first-order chi connectivity index (χ1) is 19.8. The Kier molecular flexibility index (Phi) is 6.68. The average Bonchev–Trinajstić information content (AvgIpc) is 3.41. The lowest BCUT2D eigenvalue weighted by molar-refractivity contribution is -0.141. The number of piperidine rings is 1. The number of aryl methyl sites for hydroxylation is 1. The topological polar surface area (TPSA) is 58.1 Å². The molecular weight excluding hydrogens is 492 g/mol. The molecule has 2 aliphatic heterocycles. The molecule has 1 spiro atoms. The van der Waals surface area contributed by atoms with Crippen molar-refractivity contribution in [2.24, 2.45) is 5.92 Å². The maximum absolute atomic E-state index is 14.9. The quantitative estimate of drug-likeness (QED) is 0.345. The number of likely N-dealkylation sites (tertiary alicyclic amines) is 1. The first kappa shape index (κ1) is 25.2. The number of nitrogens with one attached hydrogen (secondary N) is 1. The molecule has 5 nitrogen and oxygen atoms in total. The third-order valence-corrected chi connectivity index (χ3v) is 9.74. The van der Waals surface area contributed by atoms with Gasteiger partial charge in [-0.05, 0) is 54.7 Å². The van der Waals surface area contributed by atoms with Crippen LogP contribution < -0.4 is 5.32 Å². The van der Waals surface area contributed by atoms with E-state index in [-0.39, 0.29) is 29.3 Å². The van der Waals surface area contributed by atoms with Crippen molar-refractivity contribution in [1.82, 2.24) is 20.2 Å². The second-order valence-corrected chi connectivity index (χ2v) is 11.7. The van der Waals surface area contributed by atoms with Crippen LogP contribution in [0.25, 0.3) is 0 Å². The number of hydrogen-bond acceptors (Lipinski definition) is 4. The molecule has 0 radical (unpaired) electrons. The Morgan fingerprint density at radius 2 is 1.55 bits per heavy atom. The van der Waals surface area contributed by atoms with E-state index in [1.54, 1.807) is 6.33 Å². The lowest BCUT2D eigenvalue weighted by Crippen LogP contribution is -2.51. The summed E-state index contributed by atoms with van der Waals surface area (Å²) in [6.45, 7) is 1.42. The third kappa shape index (κ3) is 4.24. The van der Waals surface area contributed by atoms with E-state index in [0.717, 1.165) is 49.9 Å². The Morgan fingerprint density at radius 1 is 0.875 bits per heavy atom. The third-order valence-electron chi connectivity index (χ3n) is 9.74. The van der Waals surface area contributed by atoms with E-state index >= 15 is 0 Å². The van der Waals surface area contributed by atoms with Crippen molar-refractivity contribution in [1.29, 1.82) is 0 Å². The summed E-state index contributed by atoms with van der Waals surface area (Å²) in [7, 11) is 0. The Bertz CT molecular complexity index is 1460. The molecule has 202 valence electrons. The zero-order valence-electron chi connectivity index (χ0n) is 22.8. The molecule has 1 aliphatic carbocycles. The number of amides is 1. The number of nitrogens with zero attached hydrogens (tertiary/aromatic N) is 3. The molecule has 0 bridgehead atoms. The van der Waals surface area contributed by atoms with Crippen LogP contribution in [0.15, 0.2) is 104 Å². The van der Waals surface area contributed by atoms with Crippen LogP contribution in [0.3, 0.4) is 0 Å². The number of rotatable bonds is 4. The Labute approximate surface area is 236 Å². The highest BCUT2D eigenvalue weighted by molar-refractivity contribution is 5.83. The molecule has 3 aliphatic rings. The summed E-state index contributed by atoms with van der Waals surface area (Å²) < 4.78 is 0. The van der Waals surface area contributed by atoms with E-state index in [9.17, 15) is 4.79 Å². The van der Waals surface area contributed by atoms with E-state index < -0.39 is 0 Å². The van der Waals surface area contributed by atoms with Gasteiger partial charge in [-0.25, -0.2) is 9.97 Å². The summed E-state index contributed by atoms with van der Waals surface area (Å²) in [5.41, 5.74) is 5.72. The zero-order valence-corrected chi connectivity index (χ0v) is 22.8. The van der Waals surface area contributed by atoms with E-state index in [2.05, 4.69) is 106 Å². The summed E-state index contributed by atoms with van der Waals surface area (Å²) in [6, 6.07) is 32.2. The maximum atomic E-state index is 14.9. The standard InChI is InChI=1S/C35H36N4O/c40-34(39-20-18-28(25-11-4-1-5-12-25)21-32(39)26-13-6-2-7-14-26)30-23-37-33(27-15-8-3-9-16-27)35(30)19-10-17-31-29(35)22-36-24-38-31/h1-9,11-16,22,24,28,30,32-33,37H,10,17-21,23H2/t28-,30+,32+,33?,35+/m1/s1. The fourth-order valence-electron chi connectivity index (χ4n) is 7.91. The summed E-state index contributed by atoms with van der Waals surface area (Å²) in [4.78, 5) is 26.4. The molecule has 1 amide bonds. The molecule has 7 rings (SSSR count). The lowest BCUT2D eigenvalue weighted by atomic mass is 9.60. The molecule has 5 heteroatoms. The normalized spacial score (nSPS) is 27.9. The fraction of sp³-hybridized carbons (Fsp3) is 0.343. The van der Waals surface area contributed by atoms with E-state index in [1.165, 1.54) is 16.7 Å². The van der Waals surface area contributed by atoms with Gasteiger partial charge < -0.3 is 10.2 Å². The second-order valence-electron chi connectivity index (χ2n) is 11.7. The SMILES string of the molecule is O=C([C@@H]1CNC(c2ccccc2)[C@]12CCCc1ncncc12)N1CC[C@@H](c2ccccc2)C[C@H]1c1ccccc1. The minimum atomic E-state index is -0.370. The van der Waals surface area contributed by atoms with Gasteiger partial charge in [-0.3, -0.25) is 4.79 Å². The Hall–Kier alpha value is -3.83. The van der Waals surface area contributed by atoms with Crippen LogP contribution in [0.2, 0.25) is 0 Å². The van der Waals surface area contributed by atoms with Crippen molar-refractivity contribution in [3.05, 3.63) is 131 Å². The lowest BCUT2D eigenvalue weighted by Gasteiger charge is -2.47. The van der Waals surface area contributed by atoms with Gasteiger partial charge in [0.25, 0.3) is 0 Å². The molecule has 5 atom stereocenters. The van der Waals surface area contributed by atoms with Crippen molar-refractivity contribution in [2.75, 3.05) is 13.1 Å². The van der Waals surface area contributed by atoms with Crippen LogP contribution >= 0.6 is 0 Å². The van der Waals surface area contributed by atoms with Crippen LogP contribution in [0.5, 0.6) is 0 Å². The molecule has 3 heterocycles. The Morgan fingerprint density at radius 3 is 2.27 bits per heavy atom. The number of benzene rings is 3. The predicted molar refractivity (Wildman–Crippen MR) is 157 cm³/mol. The number of carbonyl (C=O) groups excluding carboxylic acids is 1. The molecule has 1 aromatic heterocycles. The van der Waals surface area contributed by atoms with Gasteiger partial charge >= 0.3 is 0 Å². The number of aromatic nitrogens is 2.